The number of carbonyl (C=O) groups is 2. The Kier molecular flexibility index (Phi) is 5.16. The van der Waals surface area contributed by atoms with E-state index in [-0.39, 0.29) is 24.3 Å². The van der Waals surface area contributed by atoms with E-state index < -0.39 is 5.92 Å². The minimum absolute atomic E-state index is 0.0412. The molecule has 1 saturated heterocycles. The van der Waals surface area contributed by atoms with E-state index in [0.717, 1.165) is 49.4 Å². The predicted octanol–water partition coefficient (Wildman–Crippen LogP) is 2.29. The van der Waals surface area contributed by atoms with Gasteiger partial charge in [0.15, 0.2) is 0 Å². The van der Waals surface area contributed by atoms with Crippen LogP contribution in [0.3, 0.4) is 0 Å². The monoisotopic (exact) mass is 364 g/mol. The highest BCUT2D eigenvalue weighted by Crippen LogP contribution is 2.32. The van der Waals surface area contributed by atoms with Crippen LogP contribution >= 0.6 is 0 Å². The summed E-state index contributed by atoms with van der Waals surface area (Å²) in [5, 5.41) is 6.02. The van der Waals surface area contributed by atoms with Crippen LogP contribution in [0.15, 0.2) is 48.7 Å². The second-order valence-corrected chi connectivity index (χ2v) is 7.27. The number of benzene rings is 1. The Bertz CT molecular complexity index is 816. The van der Waals surface area contributed by atoms with E-state index in [1.54, 1.807) is 0 Å². The minimum atomic E-state index is -0.401. The summed E-state index contributed by atoms with van der Waals surface area (Å²) in [5.41, 5.74) is 2.73. The first-order chi connectivity index (χ1) is 13.2. The van der Waals surface area contributed by atoms with Crippen molar-refractivity contribution in [3.8, 4) is 0 Å². The van der Waals surface area contributed by atoms with E-state index >= 15 is 0 Å². The van der Waals surface area contributed by atoms with Gasteiger partial charge < -0.3 is 10.6 Å². The van der Waals surface area contributed by atoms with Gasteiger partial charge in [0, 0.05) is 44.0 Å². The van der Waals surface area contributed by atoms with E-state index in [1.807, 2.05) is 48.7 Å². The molecule has 6 nitrogen and oxygen atoms in total. The lowest BCUT2D eigenvalue weighted by Crippen LogP contribution is -2.46. The zero-order chi connectivity index (χ0) is 18.6. The second-order valence-electron chi connectivity index (χ2n) is 7.27. The summed E-state index contributed by atoms with van der Waals surface area (Å²) in [5.74, 6) is -0.541. The third kappa shape index (κ3) is 4.17. The molecule has 1 aromatic carbocycles. The first-order valence-electron chi connectivity index (χ1n) is 9.50. The Morgan fingerprint density at radius 3 is 2.70 bits per heavy atom. The Hall–Kier alpha value is -2.73. The number of likely N-dealkylation sites (tertiary alicyclic amines) is 1. The predicted molar refractivity (Wildman–Crippen MR) is 103 cm³/mol. The standard InChI is InChI=1S/C21H24N4O2/c26-20-13-18(17-6-1-2-7-19(17)24-20)21(27)23-15-8-11-25(12-9-15)14-16-5-3-4-10-22-16/h1-7,10,15,18H,8-9,11-14H2,(H,23,27)(H,24,26)/t18-/m1/s1. The molecule has 0 spiro atoms. The summed E-state index contributed by atoms with van der Waals surface area (Å²) in [4.78, 5) is 31.5. The van der Waals surface area contributed by atoms with Gasteiger partial charge in [0.1, 0.15) is 0 Å². The molecule has 0 radical (unpaired) electrons. The Morgan fingerprint density at radius 2 is 1.93 bits per heavy atom. The van der Waals surface area contributed by atoms with E-state index in [2.05, 4.69) is 20.5 Å². The number of pyridine rings is 1. The van der Waals surface area contributed by atoms with Gasteiger partial charge in [-0.2, -0.15) is 0 Å². The van der Waals surface area contributed by atoms with Gasteiger partial charge in [-0.1, -0.05) is 24.3 Å². The van der Waals surface area contributed by atoms with Crippen LogP contribution in [0.2, 0.25) is 0 Å². The van der Waals surface area contributed by atoms with E-state index in [0.29, 0.717) is 0 Å². The molecule has 0 bridgehead atoms. The van der Waals surface area contributed by atoms with Gasteiger partial charge in [0.2, 0.25) is 11.8 Å². The largest absolute Gasteiger partial charge is 0.353 e. The van der Waals surface area contributed by atoms with Gasteiger partial charge in [-0.25, -0.2) is 0 Å². The van der Waals surface area contributed by atoms with Crippen molar-refractivity contribution >= 4 is 17.5 Å². The molecule has 0 aliphatic carbocycles. The van der Waals surface area contributed by atoms with Crippen molar-refractivity contribution in [2.24, 2.45) is 0 Å². The number of hydrogen-bond donors (Lipinski definition) is 2. The summed E-state index contributed by atoms with van der Waals surface area (Å²) < 4.78 is 0. The lowest BCUT2D eigenvalue weighted by Gasteiger charge is -2.33. The molecule has 0 unspecified atom stereocenters. The van der Waals surface area contributed by atoms with Crippen LogP contribution in [0.25, 0.3) is 0 Å². The summed E-state index contributed by atoms with van der Waals surface area (Å²) >= 11 is 0. The number of aromatic nitrogens is 1. The first kappa shape index (κ1) is 17.7. The number of amides is 2. The van der Waals surface area contributed by atoms with Gasteiger partial charge in [-0.05, 0) is 36.6 Å². The number of carbonyl (C=O) groups excluding carboxylic acids is 2. The maximum Gasteiger partial charge on any atom is 0.228 e. The molecule has 2 aromatic rings. The van der Waals surface area contributed by atoms with Gasteiger partial charge >= 0.3 is 0 Å². The molecule has 2 aliphatic rings. The number of nitrogens with one attached hydrogen (secondary N) is 2. The molecule has 2 aliphatic heterocycles. The minimum Gasteiger partial charge on any atom is -0.353 e. The smallest absolute Gasteiger partial charge is 0.228 e. The molecule has 1 atom stereocenters. The van der Waals surface area contributed by atoms with E-state index in [4.69, 9.17) is 0 Å². The molecule has 3 heterocycles. The molecule has 1 aromatic heterocycles. The number of para-hydroxylation sites is 1. The number of fused-ring (bicyclic) bond motifs is 1. The molecule has 2 amide bonds. The van der Waals surface area contributed by atoms with Crippen molar-refractivity contribution in [2.45, 2.75) is 37.8 Å². The number of hydrogen-bond acceptors (Lipinski definition) is 4. The van der Waals surface area contributed by atoms with E-state index in [1.165, 1.54) is 0 Å². The van der Waals surface area contributed by atoms with Crippen molar-refractivity contribution in [1.29, 1.82) is 0 Å². The van der Waals surface area contributed by atoms with Crippen LogP contribution in [0.1, 0.15) is 36.4 Å². The van der Waals surface area contributed by atoms with E-state index in [9.17, 15) is 9.59 Å². The summed E-state index contributed by atoms with van der Waals surface area (Å²) in [7, 11) is 0. The highest BCUT2D eigenvalue weighted by molar-refractivity contribution is 6.01. The van der Waals surface area contributed by atoms with Crippen LogP contribution < -0.4 is 10.6 Å². The SMILES string of the molecule is O=C1C[C@@H](C(=O)NC2CCN(Cc3ccccn3)CC2)c2ccccc2N1. The van der Waals surface area contributed by atoms with Gasteiger partial charge in [0.05, 0.1) is 11.6 Å². The Labute approximate surface area is 159 Å². The van der Waals surface area contributed by atoms with Crippen molar-refractivity contribution in [2.75, 3.05) is 18.4 Å². The average molecular weight is 364 g/mol. The Morgan fingerprint density at radius 1 is 1.15 bits per heavy atom. The molecular weight excluding hydrogens is 340 g/mol. The Balaban J connectivity index is 1.33. The molecule has 1 fully saturated rings. The van der Waals surface area contributed by atoms with Crippen molar-refractivity contribution in [1.82, 2.24) is 15.2 Å². The van der Waals surface area contributed by atoms with Crippen LogP contribution in [0.5, 0.6) is 0 Å². The zero-order valence-electron chi connectivity index (χ0n) is 15.2. The zero-order valence-corrected chi connectivity index (χ0v) is 15.2. The van der Waals surface area contributed by atoms with Crippen molar-refractivity contribution in [3.63, 3.8) is 0 Å². The molecule has 140 valence electrons. The quantitative estimate of drug-likeness (QED) is 0.873. The lowest BCUT2D eigenvalue weighted by atomic mass is 9.89. The molecule has 6 heteroatoms. The van der Waals surface area contributed by atoms with Crippen molar-refractivity contribution < 1.29 is 9.59 Å². The van der Waals surface area contributed by atoms with Crippen molar-refractivity contribution in [3.05, 3.63) is 59.9 Å². The molecule has 27 heavy (non-hydrogen) atoms. The number of rotatable bonds is 4. The first-order valence-corrected chi connectivity index (χ1v) is 9.50. The number of nitrogens with zero attached hydrogens (tertiary/aromatic N) is 2. The third-order valence-corrected chi connectivity index (χ3v) is 5.36. The summed E-state index contributed by atoms with van der Waals surface area (Å²) in [6.45, 7) is 2.71. The molecule has 4 rings (SSSR count). The third-order valence-electron chi connectivity index (χ3n) is 5.36. The topological polar surface area (TPSA) is 74.3 Å². The highest BCUT2D eigenvalue weighted by atomic mass is 16.2. The maximum atomic E-state index is 12.8. The van der Waals surface area contributed by atoms with Gasteiger partial charge in [-0.3, -0.25) is 19.5 Å². The van der Waals surface area contributed by atoms with Crippen LogP contribution in [0.4, 0.5) is 5.69 Å². The van der Waals surface area contributed by atoms with Crippen LogP contribution in [0, 0.1) is 0 Å². The maximum absolute atomic E-state index is 12.8. The van der Waals surface area contributed by atoms with Gasteiger partial charge in [0.25, 0.3) is 0 Å². The molecule has 2 N–H and O–H groups in total. The highest BCUT2D eigenvalue weighted by Gasteiger charge is 2.32. The molecule has 0 saturated carbocycles. The fourth-order valence-corrected chi connectivity index (χ4v) is 3.90. The summed E-state index contributed by atoms with van der Waals surface area (Å²) in [6, 6.07) is 13.7. The fraction of sp³-hybridized carbons (Fsp3) is 0.381. The second kappa shape index (κ2) is 7.88. The van der Waals surface area contributed by atoms with Crippen LogP contribution in [-0.4, -0.2) is 40.8 Å². The lowest BCUT2D eigenvalue weighted by molar-refractivity contribution is -0.127. The number of piperidine rings is 1. The average Bonchev–Trinajstić information content (AvgIpc) is 2.69. The number of anilines is 1. The summed E-state index contributed by atoms with van der Waals surface area (Å²) in [6.07, 6.45) is 3.86. The normalized spacial score (nSPS) is 20.6. The fourth-order valence-electron chi connectivity index (χ4n) is 3.90. The van der Waals surface area contributed by atoms with Gasteiger partial charge in [-0.15, -0.1) is 0 Å². The molecular formula is C21H24N4O2. The van der Waals surface area contributed by atoms with Crippen LogP contribution in [-0.2, 0) is 16.1 Å².